The minimum absolute atomic E-state index is 0.972. The SMILES string of the molecule is c1ccc2c(c1)Cc1c(-c3ccc4c5ccccc5n(-c5ccc(-c6ccc7c(c6)c6ccccc6n7-c6ccc7ccccc7c6)cc5)c4c3)cccc1-2. The fraction of sp³-hybridized carbons (Fsp3) is 0.0189. The first kappa shape index (κ1) is 30.3. The molecule has 0 atom stereocenters. The highest BCUT2D eigenvalue weighted by atomic mass is 15.0. The molecule has 256 valence electrons. The number of hydrogen-bond acceptors (Lipinski definition) is 0. The summed E-state index contributed by atoms with van der Waals surface area (Å²) in [6, 6.07) is 71.7. The van der Waals surface area contributed by atoms with E-state index >= 15 is 0 Å². The van der Waals surface area contributed by atoms with Gasteiger partial charge in [-0.1, -0.05) is 140 Å². The molecular weight excluding hydrogens is 665 g/mol. The van der Waals surface area contributed by atoms with Crippen molar-refractivity contribution >= 4 is 54.4 Å². The second-order valence-corrected chi connectivity index (χ2v) is 14.9. The second kappa shape index (κ2) is 11.7. The van der Waals surface area contributed by atoms with Crippen LogP contribution in [0.25, 0.3) is 99.1 Å². The smallest absolute Gasteiger partial charge is 0.0547 e. The fourth-order valence-corrected chi connectivity index (χ4v) is 9.39. The van der Waals surface area contributed by atoms with Crippen LogP contribution >= 0.6 is 0 Å². The molecule has 2 nitrogen and oxygen atoms in total. The summed E-state index contributed by atoms with van der Waals surface area (Å²) < 4.78 is 4.85. The van der Waals surface area contributed by atoms with Crippen molar-refractivity contribution in [2.75, 3.05) is 0 Å². The fourth-order valence-electron chi connectivity index (χ4n) is 9.39. The molecule has 0 radical (unpaired) electrons. The summed E-state index contributed by atoms with van der Waals surface area (Å²) in [7, 11) is 0. The van der Waals surface area contributed by atoms with Gasteiger partial charge in [0.15, 0.2) is 0 Å². The van der Waals surface area contributed by atoms with Crippen molar-refractivity contribution < 1.29 is 0 Å². The Morgan fingerprint density at radius 3 is 1.76 bits per heavy atom. The summed E-state index contributed by atoms with van der Waals surface area (Å²) in [6.07, 6.45) is 0.972. The Balaban J connectivity index is 0.967. The third kappa shape index (κ3) is 4.55. The molecule has 0 amide bonds. The number of aromatic nitrogens is 2. The van der Waals surface area contributed by atoms with Gasteiger partial charge in [0.05, 0.1) is 22.1 Å². The number of rotatable bonds is 4. The molecule has 9 aromatic carbocycles. The number of fused-ring (bicyclic) bond motifs is 10. The molecule has 2 aromatic heterocycles. The van der Waals surface area contributed by atoms with E-state index in [2.05, 4.69) is 203 Å². The van der Waals surface area contributed by atoms with Gasteiger partial charge in [0.1, 0.15) is 0 Å². The topological polar surface area (TPSA) is 9.86 Å². The van der Waals surface area contributed by atoms with Crippen LogP contribution in [0.4, 0.5) is 0 Å². The second-order valence-electron chi connectivity index (χ2n) is 14.9. The van der Waals surface area contributed by atoms with Crippen molar-refractivity contribution in [3.63, 3.8) is 0 Å². The first-order chi connectivity index (χ1) is 27.3. The maximum Gasteiger partial charge on any atom is 0.0547 e. The van der Waals surface area contributed by atoms with E-state index in [0.29, 0.717) is 0 Å². The lowest BCUT2D eigenvalue weighted by atomic mass is 9.95. The standard InChI is InChI=1S/C53H34N2/c1-2-11-36-30-41(27-22-34(36)10-1)55-51-19-8-6-15-46(51)49-31-37(24-29-52(49)55)35-20-25-40(26-21-35)54-50-18-7-5-14-45(50)47-28-23-39(33-53(47)54)43-16-9-17-44-42-13-4-3-12-38(42)32-48(43)44/h1-31,33H,32H2. The highest BCUT2D eigenvalue weighted by Crippen LogP contribution is 2.43. The summed E-state index contributed by atoms with van der Waals surface area (Å²) in [5, 5.41) is 7.56. The van der Waals surface area contributed by atoms with Gasteiger partial charge < -0.3 is 9.13 Å². The molecular formula is C53H34N2. The average Bonchev–Trinajstić information content (AvgIpc) is 3.91. The number of nitrogens with zero attached hydrogens (tertiary/aromatic N) is 2. The molecule has 11 aromatic rings. The van der Waals surface area contributed by atoms with Gasteiger partial charge in [0.2, 0.25) is 0 Å². The van der Waals surface area contributed by atoms with E-state index in [1.54, 1.807) is 0 Å². The van der Waals surface area contributed by atoms with Crippen molar-refractivity contribution in [3.8, 4) is 44.8 Å². The molecule has 1 aliphatic rings. The normalized spacial score (nSPS) is 12.3. The van der Waals surface area contributed by atoms with Crippen LogP contribution in [0.2, 0.25) is 0 Å². The highest BCUT2D eigenvalue weighted by molar-refractivity contribution is 6.12. The summed E-state index contributed by atoms with van der Waals surface area (Å²) in [5.41, 5.74) is 17.8. The van der Waals surface area contributed by atoms with E-state index in [0.717, 1.165) is 12.1 Å². The van der Waals surface area contributed by atoms with Crippen molar-refractivity contribution in [2.24, 2.45) is 0 Å². The molecule has 2 heterocycles. The van der Waals surface area contributed by atoms with Crippen LogP contribution in [0.5, 0.6) is 0 Å². The zero-order chi connectivity index (χ0) is 36.0. The average molecular weight is 699 g/mol. The van der Waals surface area contributed by atoms with Gasteiger partial charge in [0, 0.05) is 32.9 Å². The van der Waals surface area contributed by atoms with Gasteiger partial charge in [-0.15, -0.1) is 0 Å². The molecule has 2 heteroatoms. The summed E-state index contributed by atoms with van der Waals surface area (Å²) in [6.45, 7) is 0. The molecule has 0 saturated carbocycles. The first-order valence-electron chi connectivity index (χ1n) is 19.1. The lowest BCUT2D eigenvalue weighted by Crippen LogP contribution is -1.95. The lowest BCUT2D eigenvalue weighted by Gasteiger charge is -2.12. The van der Waals surface area contributed by atoms with Crippen LogP contribution in [-0.4, -0.2) is 9.13 Å². The van der Waals surface area contributed by atoms with Crippen LogP contribution in [0.3, 0.4) is 0 Å². The molecule has 0 saturated heterocycles. The Morgan fingerprint density at radius 2 is 0.909 bits per heavy atom. The van der Waals surface area contributed by atoms with Crippen LogP contribution in [-0.2, 0) is 6.42 Å². The van der Waals surface area contributed by atoms with Gasteiger partial charge in [-0.25, -0.2) is 0 Å². The molecule has 0 bridgehead atoms. The van der Waals surface area contributed by atoms with Crippen LogP contribution in [0, 0.1) is 0 Å². The Kier molecular flexibility index (Phi) is 6.43. The van der Waals surface area contributed by atoms with Crippen molar-refractivity contribution in [1.29, 1.82) is 0 Å². The van der Waals surface area contributed by atoms with Crippen molar-refractivity contribution in [2.45, 2.75) is 6.42 Å². The van der Waals surface area contributed by atoms with Crippen LogP contribution in [0.1, 0.15) is 11.1 Å². The molecule has 12 rings (SSSR count). The third-order valence-corrected chi connectivity index (χ3v) is 12.0. The van der Waals surface area contributed by atoms with E-state index in [-0.39, 0.29) is 0 Å². The molecule has 0 N–H and O–H groups in total. The van der Waals surface area contributed by atoms with Crippen LogP contribution in [0.15, 0.2) is 194 Å². The van der Waals surface area contributed by atoms with E-state index in [4.69, 9.17) is 0 Å². The largest absolute Gasteiger partial charge is 0.309 e. The zero-order valence-electron chi connectivity index (χ0n) is 30.1. The zero-order valence-corrected chi connectivity index (χ0v) is 30.1. The third-order valence-electron chi connectivity index (χ3n) is 12.0. The van der Waals surface area contributed by atoms with Gasteiger partial charge in [0.25, 0.3) is 0 Å². The van der Waals surface area contributed by atoms with Gasteiger partial charge in [-0.2, -0.15) is 0 Å². The van der Waals surface area contributed by atoms with Gasteiger partial charge in [-0.3, -0.25) is 0 Å². The van der Waals surface area contributed by atoms with Gasteiger partial charge >= 0.3 is 0 Å². The number of benzene rings is 9. The van der Waals surface area contributed by atoms with E-state index in [9.17, 15) is 0 Å². The van der Waals surface area contributed by atoms with Crippen molar-refractivity contribution in [3.05, 3.63) is 205 Å². The van der Waals surface area contributed by atoms with E-state index in [1.807, 2.05) is 0 Å². The van der Waals surface area contributed by atoms with E-state index < -0.39 is 0 Å². The summed E-state index contributed by atoms with van der Waals surface area (Å²) >= 11 is 0. The summed E-state index contributed by atoms with van der Waals surface area (Å²) in [5.74, 6) is 0. The van der Waals surface area contributed by atoms with Crippen molar-refractivity contribution in [1.82, 2.24) is 9.13 Å². The lowest BCUT2D eigenvalue weighted by molar-refractivity contribution is 1.18. The predicted molar refractivity (Wildman–Crippen MR) is 232 cm³/mol. The Bertz CT molecular complexity index is 3340. The molecule has 0 unspecified atom stereocenters. The molecule has 55 heavy (non-hydrogen) atoms. The maximum atomic E-state index is 2.44. The minimum Gasteiger partial charge on any atom is -0.309 e. The molecule has 0 aliphatic heterocycles. The Hall–Kier alpha value is -7.16. The number of para-hydroxylation sites is 2. The maximum absolute atomic E-state index is 2.44. The first-order valence-corrected chi connectivity index (χ1v) is 19.1. The van der Waals surface area contributed by atoms with Crippen LogP contribution < -0.4 is 0 Å². The van der Waals surface area contributed by atoms with E-state index in [1.165, 1.54) is 105 Å². The Morgan fingerprint density at radius 1 is 0.309 bits per heavy atom. The quantitative estimate of drug-likeness (QED) is 0.173. The predicted octanol–water partition coefficient (Wildman–Crippen LogP) is 13.9. The van der Waals surface area contributed by atoms with Gasteiger partial charge in [-0.05, 0) is 116 Å². The molecule has 0 fully saturated rings. The summed E-state index contributed by atoms with van der Waals surface area (Å²) in [4.78, 5) is 0. The molecule has 1 aliphatic carbocycles. The minimum atomic E-state index is 0.972. The molecule has 0 spiro atoms. The monoisotopic (exact) mass is 698 g/mol. The highest BCUT2D eigenvalue weighted by Gasteiger charge is 2.22. The number of hydrogen-bond donors (Lipinski definition) is 0. The Labute approximate surface area is 318 Å².